The maximum Gasteiger partial charge on any atom is 0.259 e. The number of nitrogens with zero attached hydrogens (tertiary/aromatic N) is 3. The summed E-state index contributed by atoms with van der Waals surface area (Å²) < 4.78 is 1.58. The van der Waals surface area contributed by atoms with E-state index in [2.05, 4.69) is 16.7 Å². The summed E-state index contributed by atoms with van der Waals surface area (Å²) >= 11 is 0. The lowest BCUT2D eigenvalue weighted by molar-refractivity contribution is 0.874. The summed E-state index contributed by atoms with van der Waals surface area (Å²) in [6.07, 6.45) is 5.16. The van der Waals surface area contributed by atoms with Crippen LogP contribution in [-0.2, 0) is 7.05 Å². The number of hydrogen-bond donors (Lipinski definition) is 0. The Bertz CT molecular complexity index is 848. The van der Waals surface area contributed by atoms with E-state index in [-0.39, 0.29) is 5.56 Å². The molecule has 0 aliphatic heterocycles. The Morgan fingerprint density at radius 1 is 1.15 bits per heavy atom. The molecule has 0 unspecified atom stereocenters. The van der Waals surface area contributed by atoms with E-state index in [0.29, 0.717) is 5.39 Å². The first-order chi connectivity index (χ1) is 9.70. The molecule has 3 aromatic rings. The fraction of sp³-hybridized carbons (Fsp3) is 0.0625. The van der Waals surface area contributed by atoms with Crippen LogP contribution in [0.2, 0.25) is 0 Å². The van der Waals surface area contributed by atoms with E-state index in [9.17, 15) is 4.79 Å². The first-order valence-electron chi connectivity index (χ1n) is 6.21. The van der Waals surface area contributed by atoms with Gasteiger partial charge >= 0.3 is 0 Å². The molecule has 0 bridgehead atoms. The SMILES string of the molecule is C=Nc1ccc(-c2cn(C)c(=O)c3cnccc23)cc1. The largest absolute Gasteiger partial charge is 0.317 e. The van der Waals surface area contributed by atoms with Gasteiger partial charge in [0.1, 0.15) is 0 Å². The van der Waals surface area contributed by atoms with E-state index in [1.807, 2.05) is 36.5 Å². The van der Waals surface area contributed by atoms with Crippen molar-refractivity contribution in [2.75, 3.05) is 0 Å². The van der Waals surface area contributed by atoms with Crippen molar-refractivity contribution in [1.82, 2.24) is 9.55 Å². The van der Waals surface area contributed by atoms with Crippen molar-refractivity contribution in [1.29, 1.82) is 0 Å². The Morgan fingerprint density at radius 3 is 2.60 bits per heavy atom. The molecular weight excluding hydrogens is 250 g/mol. The highest BCUT2D eigenvalue weighted by atomic mass is 16.1. The predicted octanol–water partition coefficient (Wildman–Crippen LogP) is 2.93. The minimum Gasteiger partial charge on any atom is -0.317 e. The van der Waals surface area contributed by atoms with Gasteiger partial charge in [-0.15, -0.1) is 0 Å². The van der Waals surface area contributed by atoms with Crippen molar-refractivity contribution in [3.05, 3.63) is 59.3 Å². The number of aryl methyl sites for hydroxylation is 1. The van der Waals surface area contributed by atoms with E-state index < -0.39 is 0 Å². The van der Waals surface area contributed by atoms with Gasteiger partial charge in [-0.1, -0.05) is 12.1 Å². The molecule has 98 valence electrons. The molecule has 2 aromatic heterocycles. The minimum atomic E-state index is -0.0405. The van der Waals surface area contributed by atoms with Crippen LogP contribution in [0.4, 0.5) is 5.69 Å². The lowest BCUT2D eigenvalue weighted by Crippen LogP contribution is -2.16. The first kappa shape index (κ1) is 12.3. The van der Waals surface area contributed by atoms with Gasteiger partial charge in [-0.05, 0) is 35.9 Å². The van der Waals surface area contributed by atoms with Crippen LogP contribution >= 0.6 is 0 Å². The van der Waals surface area contributed by atoms with Crippen LogP contribution in [0.15, 0.2) is 58.7 Å². The standard InChI is InChI=1S/C16H13N3O/c1-17-12-5-3-11(4-6-12)15-10-19(2)16(20)14-9-18-8-7-13(14)15/h3-10H,1H2,2H3. The zero-order valence-electron chi connectivity index (χ0n) is 11.1. The van der Waals surface area contributed by atoms with Crippen LogP contribution in [0.25, 0.3) is 21.9 Å². The first-order valence-corrected chi connectivity index (χ1v) is 6.21. The van der Waals surface area contributed by atoms with Crippen LogP contribution in [0, 0.1) is 0 Å². The summed E-state index contributed by atoms with van der Waals surface area (Å²) in [5, 5.41) is 1.53. The summed E-state index contributed by atoms with van der Waals surface area (Å²) in [5.41, 5.74) is 2.81. The molecule has 20 heavy (non-hydrogen) atoms. The number of pyridine rings is 2. The zero-order chi connectivity index (χ0) is 14.1. The van der Waals surface area contributed by atoms with E-state index in [4.69, 9.17) is 0 Å². The highest BCUT2D eigenvalue weighted by Gasteiger charge is 2.08. The normalized spacial score (nSPS) is 10.7. The quantitative estimate of drug-likeness (QED) is 0.667. The van der Waals surface area contributed by atoms with Crippen LogP contribution in [0.3, 0.4) is 0 Å². The van der Waals surface area contributed by atoms with Crippen LogP contribution in [0.5, 0.6) is 0 Å². The van der Waals surface area contributed by atoms with Gasteiger partial charge in [0.05, 0.1) is 11.1 Å². The maximum atomic E-state index is 12.1. The molecule has 0 saturated carbocycles. The van der Waals surface area contributed by atoms with Gasteiger partial charge in [-0.25, -0.2) is 0 Å². The topological polar surface area (TPSA) is 47.2 Å². The van der Waals surface area contributed by atoms with Crippen molar-refractivity contribution in [2.45, 2.75) is 0 Å². The second kappa shape index (κ2) is 4.74. The molecule has 0 spiro atoms. The summed E-state index contributed by atoms with van der Waals surface area (Å²) in [5.74, 6) is 0. The van der Waals surface area contributed by atoms with Crippen LogP contribution < -0.4 is 5.56 Å². The fourth-order valence-electron chi connectivity index (χ4n) is 2.29. The molecule has 0 radical (unpaired) electrons. The summed E-state index contributed by atoms with van der Waals surface area (Å²) in [4.78, 5) is 20.0. The molecule has 0 aliphatic carbocycles. The third-order valence-electron chi connectivity index (χ3n) is 3.35. The number of rotatable bonds is 2. The minimum absolute atomic E-state index is 0.0405. The zero-order valence-corrected chi connectivity index (χ0v) is 11.1. The predicted molar refractivity (Wildman–Crippen MR) is 81.6 cm³/mol. The monoisotopic (exact) mass is 263 g/mol. The molecule has 4 heteroatoms. The van der Waals surface area contributed by atoms with Gasteiger partial charge in [-0.2, -0.15) is 0 Å². The lowest BCUT2D eigenvalue weighted by atomic mass is 10.0. The summed E-state index contributed by atoms with van der Waals surface area (Å²) in [7, 11) is 1.75. The Morgan fingerprint density at radius 2 is 1.90 bits per heavy atom. The second-order valence-corrected chi connectivity index (χ2v) is 4.59. The van der Waals surface area contributed by atoms with E-state index in [0.717, 1.165) is 22.2 Å². The highest BCUT2D eigenvalue weighted by Crippen LogP contribution is 2.27. The number of aliphatic imine (C=N–C) groups is 1. The van der Waals surface area contributed by atoms with Gasteiger partial charge in [0.2, 0.25) is 0 Å². The van der Waals surface area contributed by atoms with E-state index in [1.54, 1.807) is 24.0 Å². The smallest absolute Gasteiger partial charge is 0.259 e. The van der Waals surface area contributed by atoms with Gasteiger partial charge in [0.25, 0.3) is 5.56 Å². The van der Waals surface area contributed by atoms with Gasteiger partial charge in [0, 0.05) is 31.2 Å². The third kappa shape index (κ3) is 1.91. The number of benzene rings is 1. The Labute approximate surface area is 116 Å². The third-order valence-corrected chi connectivity index (χ3v) is 3.35. The number of hydrogen-bond acceptors (Lipinski definition) is 3. The molecule has 1 aromatic carbocycles. The molecule has 0 N–H and O–H groups in total. The average Bonchev–Trinajstić information content (AvgIpc) is 2.51. The van der Waals surface area contributed by atoms with E-state index in [1.165, 1.54) is 0 Å². The van der Waals surface area contributed by atoms with Crippen molar-refractivity contribution in [3.63, 3.8) is 0 Å². The molecule has 3 rings (SSSR count). The van der Waals surface area contributed by atoms with Crippen molar-refractivity contribution >= 4 is 23.2 Å². The number of fused-ring (bicyclic) bond motifs is 1. The molecule has 0 amide bonds. The molecule has 0 aliphatic rings. The fourth-order valence-corrected chi connectivity index (χ4v) is 2.29. The van der Waals surface area contributed by atoms with Crippen molar-refractivity contribution < 1.29 is 0 Å². The van der Waals surface area contributed by atoms with Gasteiger partial charge < -0.3 is 4.57 Å². The maximum absolute atomic E-state index is 12.1. The molecular formula is C16H13N3O. The van der Waals surface area contributed by atoms with Gasteiger partial charge in [-0.3, -0.25) is 14.8 Å². The lowest BCUT2D eigenvalue weighted by Gasteiger charge is -2.09. The van der Waals surface area contributed by atoms with Crippen molar-refractivity contribution in [3.8, 4) is 11.1 Å². The van der Waals surface area contributed by atoms with Crippen molar-refractivity contribution in [2.24, 2.45) is 12.0 Å². The summed E-state index contributed by atoms with van der Waals surface area (Å²) in [6.45, 7) is 3.51. The molecule has 0 atom stereocenters. The molecule has 0 saturated heterocycles. The second-order valence-electron chi connectivity index (χ2n) is 4.59. The molecule has 2 heterocycles. The van der Waals surface area contributed by atoms with E-state index >= 15 is 0 Å². The average molecular weight is 263 g/mol. The van der Waals surface area contributed by atoms with Crippen LogP contribution in [-0.4, -0.2) is 16.3 Å². The Balaban J connectivity index is 2.32. The Kier molecular flexibility index (Phi) is 2.91. The van der Waals surface area contributed by atoms with Gasteiger partial charge in [0.15, 0.2) is 0 Å². The number of aromatic nitrogens is 2. The molecule has 0 fully saturated rings. The van der Waals surface area contributed by atoms with Crippen LogP contribution in [0.1, 0.15) is 0 Å². The summed E-state index contributed by atoms with van der Waals surface area (Å²) in [6, 6.07) is 9.63. The Hall–Kier alpha value is -2.75. The molecule has 4 nitrogen and oxygen atoms in total. The highest BCUT2D eigenvalue weighted by molar-refractivity contribution is 5.95.